The van der Waals surface area contributed by atoms with E-state index in [0.717, 1.165) is 26.2 Å². The lowest BCUT2D eigenvalue weighted by atomic mass is 10.0. The largest absolute Gasteiger partial charge is 0.382 e. The molecule has 0 aromatic heterocycles. The van der Waals surface area contributed by atoms with Crippen LogP contribution in [0.5, 0.6) is 0 Å². The van der Waals surface area contributed by atoms with Gasteiger partial charge in [0.05, 0.1) is 6.10 Å². The molecular weight excluding hydrogens is 248 g/mol. The number of rotatable bonds is 16. The first-order valence-corrected chi connectivity index (χ1v) is 9.04. The Balaban J connectivity index is 3.44. The molecule has 20 heavy (non-hydrogen) atoms. The van der Waals surface area contributed by atoms with E-state index < -0.39 is 0 Å². The van der Waals surface area contributed by atoms with E-state index >= 15 is 0 Å². The van der Waals surface area contributed by atoms with E-state index in [9.17, 15) is 0 Å². The van der Waals surface area contributed by atoms with Crippen LogP contribution in [-0.2, 0) is 9.47 Å². The standard InChI is InChI=1S/C18H38O2/c1-4-7-8-9-10-11-12-15-18(14-5-2)20-17-13-16-19-6-3/h18H,4-17H2,1-3H3. The quantitative estimate of drug-likeness (QED) is 0.337. The van der Waals surface area contributed by atoms with Crippen LogP contribution in [0.1, 0.15) is 91.4 Å². The zero-order valence-corrected chi connectivity index (χ0v) is 14.3. The first kappa shape index (κ1) is 19.9. The van der Waals surface area contributed by atoms with Crippen molar-refractivity contribution in [1.29, 1.82) is 0 Å². The van der Waals surface area contributed by atoms with Crippen molar-refractivity contribution < 1.29 is 9.47 Å². The molecule has 0 fully saturated rings. The normalized spacial score (nSPS) is 12.8. The third-order valence-electron chi connectivity index (χ3n) is 3.73. The summed E-state index contributed by atoms with van der Waals surface area (Å²) in [6, 6.07) is 0. The fourth-order valence-electron chi connectivity index (χ4n) is 2.52. The molecule has 0 N–H and O–H groups in total. The average molecular weight is 286 g/mol. The zero-order chi connectivity index (χ0) is 14.9. The zero-order valence-electron chi connectivity index (χ0n) is 14.3. The minimum atomic E-state index is 0.484. The predicted octanol–water partition coefficient (Wildman–Crippen LogP) is 5.74. The van der Waals surface area contributed by atoms with Crippen molar-refractivity contribution in [3.63, 3.8) is 0 Å². The second-order valence-corrected chi connectivity index (χ2v) is 5.74. The minimum absolute atomic E-state index is 0.484. The highest BCUT2D eigenvalue weighted by molar-refractivity contribution is 4.58. The van der Waals surface area contributed by atoms with Gasteiger partial charge in [-0.3, -0.25) is 0 Å². The highest BCUT2D eigenvalue weighted by atomic mass is 16.5. The third-order valence-corrected chi connectivity index (χ3v) is 3.73. The third kappa shape index (κ3) is 14.3. The van der Waals surface area contributed by atoms with Crippen LogP contribution in [0.3, 0.4) is 0 Å². The van der Waals surface area contributed by atoms with Crippen LogP contribution in [0.4, 0.5) is 0 Å². The van der Waals surface area contributed by atoms with Crippen LogP contribution in [0.15, 0.2) is 0 Å². The van der Waals surface area contributed by atoms with Crippen molar-refractivity contribution in [2.75, 3.05) is 19.8 Å². The van der Waals surface area contributed by atoms with Crippen LogP contribution in [0, 0.1) is 0 Å². The first-order chi connectivity index (χ1) is 9.85. The molecule has 2 heteroatoms. The maximum Gasteiger partial charge on any atom is 0.0575 e. The maximum absolute atomic E-state index is 5.99. The number of hydrogen-bond acceptors (Lipinski definition) is 2. The van der Waals surface area contributed by atoms with Gasteiger partial charge in [0, 0.05) is 19.8 Å². The van der Waals surface area contributed by atoms with Crippen LogP contribution in [0.25, 0.3) is 0 Å². The lowest BCUT2D eigenvalue weighted by molar-refractivity contribution is 0.0239. The van der Waals surface area contributed by atoms with Gasteiger partial charge in [-0.1, -0.05) is 65.2 Å². The Morgan fingerprint density at radius 2 is 1.35 bits per heavy atom. The van der Waals surface area contributed by atoms with Gasteiger partial charge in [0.15, 0.2) is 0 Å². The SMILES string of the molecule is CCCCCCCCCC(CCC)OCCCOCC. The Morgan fingerprint density at radius 1 is 0.650 bits per heavy atom. The van der Waals surface area contributed by atoms with Gasteiger partial charge in [-0.2, -0.15) is 0 Å². The van der Waals surface area contributed by atoms with E-state index in [2.05, 4.69) is 13.8 Å². The maximum atomic E-state index is 5.99. The van der Waals surface area contributed by atoms with Crippen molar-refractivity contribution in [1.82, 2.24) is 0 Å². The van der Waals surface area contributed by atoms with Gasteiger partial charge in [-0.15, -0.1) is 0 Å². The van der Waals surface area contributed by atoms with Crippen LogP contribution in [-0.4, -0.2) is 25.9 Å². The first-order valence-electron chi connectivity index (χ1n) is 9.04. The second-order valence-electron chi connectivity index (χ2n) is 5.74. The van der Waals surface area contributed by atoms with E-state index in [0.29, 0.717) is 6.10 Å². The fourth-order valence-corrected chi connectivity index (χ4v) is 2.52. The predicted molar refractivity (Wildman–Crippen MR) is 88.4 cm³/mol. The van der Waals surface area contributed by atoms with E-state index in [1.165, 1.54) is 64.2 Å². The summed E-state index contributed by atoms with van der Waals surface area (Å²) in [7, 11) is 0. The van der Waals surface area contributed by atoms with Gasteiger partial charge in [0.25, 0.3) is 0 Å². The van der Waals surface area contributed by atoms with Crippen molar-refractivity contribution in [3.05, 3.63) is 0 Å². The summed E-state index contributed by atoms with van der Waals surface area (Å²) in [5, 5.41) is 0. The van der Waals surface area contributed by atoms with Gasteiger partial charge in [-0.05, 0) is 26.2 Å². The molecule has 0 amide bonds. The van der Waals surface area contributed by atoms with Gasteiger partial charge >= 0.3 is 0 Å². The summed E-state index contributed by atoms with van der Waals surface area (Å²) in [6.45, 7) is 9.09. The van der Waals surface area contributed by atoms with E-state index in [1.807, 2.05) is 6.92 Å². The van der Waals surface area contributed by atoms with E-state index in [1.54, 1.807) is 0 Å². The van der Waals surface area contributed by atoms with Gasteiger partial charge in [0.1, 0.15) is 0 Å². The summed E-state index contributed by atoms with van der Waals surface area (Å²) >= 11 is 0. The molecule has 0 aromatic carbocycles. The number of unbranched alkanes of at least 4 members (excludes halogenated alkanes) is 6. The fraction of sp³-hybridized carbons (Fsp3) is 1.00. The molecule has 1 atom stereocenters. The lowest BCUT2D eigenvalue weighted by Crippen LogP contribution is -2.14. The van der Waals surface area contributed by atoms with Crippen LogP contribution >= 0.6 is 0 Å². The Morgan fingerprint density at radius 3 is 2.00 bits per heavy atom. The number of hydrogen-bond donors (Lipinski definition) is 0. The Bertz CT molecular complexity index is 171. The summed E-state index contributed by atoms with van der Waals surface area (Å²) in [5.74, 6) is 0. The van der Waals surface area contributed by atoms with E-state index in [-0.39, 0.29) is 0 Å². The topological polar surface area (TPSA) is 18.5 Å². The molecule has 122 valence electrons. The number of ether oxygens (including phenoxy) is 2. The molecule has 0 radical (unpaired) electrons. The molecule has 0 aliphatic carbocycles. The van der Waals surface area contributed by atoms with Crippen molar-refractivity contribution in [3.8, 4) is 0 Å². The molecule has 0 bridgehead atoms. The molecule has 0 rings (SSSR count). The van der Waals surface area contributed by atoms with Crippen LogP contribution in [0.2, 0.25) is 0 Å². The van der Waals surface area contributed by atoms with Crippen LogP contribution < -0.4 is 0 Å². The smallest absolute Gasteiger partial charge is 0.0575 e. The molecular formula is C18H38O2. The highest BCUT2D eigenvalue weighted by Gasteiger charge is 2.07. The molecule has 0 heterocycles. The van der Waals surface area contributed by atoms with Crippen molar-refractivity contribution in [2.45, 2.75) is 97.5 Å². The van der Waals surface area contributed by atoms with Gasteiger partial charge in [0.2, 0.25) is 0 Å². The second kappa shape index (κ2) is 17.0. The molecule has 2 nitrogen and oxygen atoms in total. The molecule has 0 saturated carbocycles. The average Bonchev–Trinajstić information content (AvgIpc) is 2.46. The van der Waals surface area contributed by atoms with Crippen molar-refractivity contribution >= 4 is 0 Å². The monoisotopic (exact) mass is 286 g/mol. The molecule has 1 unspecified atom stereocenters. The summed E-state index contributed by atoms with van der Waals surface area (Å²) in [6.07, 6.45) is 14.9. The Kier molecular flexibility index (Phi) is 16.9. The van der Waals surface area contributed by atoms with E-state index in [4.69, 9.17) is 9.47 Å². The summed E-state index contributed by atoms with van der Waals surface area (Å²) in [4.78, 5) is 0. The summed E-state index contributed by atoms with van der Waals surface area (Å²) < 4.78 is 11.3. The molecule has 0 aromatic rings. The highest BCUT2D eigenvalue weighted by Crippen LogP contribution is 2.14. The van der Waals surface area contributed by atoms with Gasteiger partial charge < -0.3 is 9.47 Å². The molecule has 0 aliphatic rings. The van der Waals surface area contributed by atoms with Crippen molar-refractivity contribution in [2.24, 2.45) is 0 Å². The summed E-state index contributed by atoms with van der Waals surface area (Å²) in [5.41, 5.74) is 0. The Hall–Kier alpha value is -0.0800. The van der Waals surface area contributed by atoms with Gasteiger partial charge in [-0.25, -0.2) is 0 Å². The lowest BCUT2D eigenvalue weighted by Gasteiger charge is -2.17. The molecule has 0 spiro atoms. The minimum Gasteiger partial charge on any atom is -0.382 e. The Labute approximate surface area is 127 Å². The molecule has 0 saturated heterocycles. The molecule has 0 aliphatic heterocycles.